The summed E-state index contributed by atoms with van der Waals surface area (Å²) in [5, 5.41) is 6.94. The van der Waals surface area contributed by atoms with Crippen LogP contribution in [0.5, 0.6) is 5.75 Å². The number of rotatable bonds is 7. The first-order chi connectivity index (χ1) is 11.6. The highest BCUT2D eigenvalue weighted by Crippen LogP contribution is 2.39. The molecule has 6 heteroatoms. The molecule has 1 aromatic rings. The molecule has 1 aromatic carbocycles. The van der Waals surface area contributed by atoms with Crippen LogP contribution in [0.25, 0.3) is 0 Å². The highest BCUT2D eigenvalue weighted by Gasteiger charge is 2.33. The van der Waals surface area contributed by atoms with Crippen molar-refractivity contribution in [3.05, 3.63) is 29.8 Å². The van der Waals surface area contributed by atoms with Crippen molar-refractivity contribution in [1.82, 2.24) is 10.6 Å². The van der Waals surface area contributed by atoms with Crippen molar-refractivity contribution in [3.63, 3.8) is 0 Å². The van der Waals surface area contributed by atoms with E-state index >= 15 is 0 Å². The summed E-state index contributed by atoms with van der Waals surface area (Å²) in [6.45, 7) is 8.78. The molecule has 1 aliphatic rings. The van der Waals surface area contributed by atoms with Crippen LogP contribution in [0, 0.1) is 0 Å². The summed E-state index contributed by atoms with van der Waals surface area (Å²) in [5.41, 5.74) is 0.999. The third kappa shape index (κ3) is 7.01. The van der Waals surface area contributed by atoms with Crippen LogP contribution in [0.2, 0.25) is 0 Å². The minimum Gasteiger partial charge on any atom is -0.487 e. The SMILES string of the molecule is CCOCCCCNC(=NC)NC1CC(C)(C)Oc2ccccc21.I. The van der Waals surface area contributed by atoms with Gasteiger partial charge in [-0.25, -0.2) is 0 Å². The number of ether oxygens (including phenoxy) is 2. The second-order valence-corrected chi connectivity index (χ2v) is 6.70. The Morgan fingerprint density at radius 2 is 2.08 bits per heavy atom. The molecule has 0 saturated heterocycles. The summed E-state index contributed by atoms with van der Waals surface area (Å²) in [6, 6.07) is 8.42. The first kappa shape index (κ1) is 22.0. The van der Waals surface area contributed by atoms with Gasteiger partial charge in [0.15, 0.2) is 5.96 Å². The third-order valence-electron chi connectivity index (χ3n) is 4.12. The van der Waals surface area contributed by atoms with Gasteiger partial charge in [0, 0.05) is 38.8 Å². The van der Waals surface area contributed by atoms with Crippen LogP contribution in [0.15, 0.2) is 29.3 Å². The van der Waals surface area contributed by atoms with Gasteiger partial charge in [-0.2, -0.15) is 0 Å². The highest BCUT2D eigenvalue weighted by molar-refractivity contribution is 14.0. The van der Waals surface area contributed by atoms with Gasteiger partial charge >= 0.3 is 0 Å². The maximum atomic E-state index is 6.09. The fraction of sp³-hybridized carbons (Fsp3) is 0.632. The minimum atomic E-state index is -0.192. The average Bonchev–Trinajstić information content (AvgIpc) is 2.55. The molecule has 5 nitrogen and oxygen atoms in total. The molecule has 0 fully saturated rings. The van der Waals surface area contributed by atoms with Gasteiger partial charge in [0.2, 0.25) is 0 Å². The van der Waals surface area contributed by atoms with Crippen molar-refractivity contribution in [1.29, 1.82) is 0 Å². The first-order valence-corrected chi connectivity index (χ1v) is 8.88. The molecule has 0 spiro atoms. The lowest BCUT2D eigenvalue weighted by atomic mass is 9.90. The lowest BCUT2D eigenvalue weighted by Crippen LogP contribution is -2.45. The molecule has 0 amide bonds. The Balaban J connectivity index is 0.00000312. The van der Waals surface area contributed by atoms with Crippen LogP contribution in [-0.4, -0.2) is 38.4 Å². The fourth-order valence-electron chi connectivity index (χ4n) is 2.97. The molecular weight excluding hydrogens is 429 g/mol. The number of fused-ring (bicyclic) bond motifs is 1. The summed E-state index contributed by atoms with van der Waals surface area (Å²) in [6.07, 6.45) is 3.02. The molecule has 0 bridgehead atoms. The lowest BCUT2D eigenvalue weighted by molar-refractivity contribution is 0.0694. The molecule has 1 atom stereocenters. The van der Waals surface area contributed by atoms with E-state index in [1.165, 1.54) is 5.56 Å². The number of para-hydroxylation sites is 1. The van der Waals surface area contributed by atoms with E-state index in [2.05, 4.69) is 41.6 Å². The number of nitrogens with one attached hydrogen (secondary N) is 2. The quantitative estimate of drug-likeness (QED) is 0.280. The van der Waals surface area contributed by atoms with Crippen LogP contribution in [0.3, 0.4) is 0 Å². The first-order valence-electron chi connectivity index (χ1n) is 8.88. The van der Waals surface area contributed by atoms with Crippen molar-refractivity contribution >= 4 is 29.9 Å². The molecule has 1 unspecified atom stereocenters. The summed E-state index contributed by atoms with van der Waals surface area (Å²) >= 11 is 0. The standard InChI is InChI=1S/C19H31N3O2.HI/c1-5-23-13-9-8-12-21-18(20-4)22-16-14-19(2,3)24-17-11-7-6-10-15(16)17;/h6-7,10-11,16H,5,8-9,12-14H2,1-4H3,(H2,20,21,22);1H. The number of nitrogens with zero attached hydrogens (tertiary/aromatic N) is 1. The summed E-state index contributed by atoms with van der Waals surface area (Å²) in [4.78, 5) is 4.36. The Morgan fingerprint density at radius 1 is 1.32 bits per heavy atom. The number of unbranched alkanes of at least 4 members (excludes halogenated alkanes) is 1. The van der Waals surface area contributed by atoms with Gasteiger partial charge in [0.25, 0.3) is 0 Å². The molecule has 25 heavy (non-hydrogen) atoms. The normalized spacial score (nSPS) is 18.6. The zero-order valence-corrected chi connectivity index (χ0v) is 18.1. The largest absolute Gasteiger partial charge is 0.487 e. The number of halogens is 1. The third-order valence-corrected chi connectivity index (χ3v) is 4.12. The molecule has 1 aliphatic heterocycles. The monoisotopic (exact) mass is 461 g/mol. The Labute approximate surface area is 169 Å². The van der Waals surface area contributed by atoms with Crippen molar-refractivity contribution in [2.45, 2.75) is 51.7 Å². The average molecular weight is 461 g/mol. The number of hydrogen-bond donors (Lipinski definition) is 2. The molecule has 2 N–H and O–H groups in total. The zero-order valence-electron chi connectivity index (χ0n) is 15.8. The van der Waals surface area contributed by atoms with Crippen molar-refractivity contribution in [2.75, 3.05) is 26.8 Å². The minimum absolute atomic E-state index is 0. The number of benzene rings is 1. The van der Waals surface area contributed by atoms with E-state index in [4.69, 9.17) is 9.47 Å². The Morgan fingerprint density at radius 3 is 2.80 bits per heavy atom. The van der Waals surface area contributed by atoms with Crippen LogP contribution in [0.4, 0.5) is 0 Å². The maximum absolute atomic E-state index is 6.09. The van der Waals surface area contributed by atoms with Crippen LogP contribution in [0.1, 0.15) is 51.6 Å². The summed E-state index contributed by atoms with van der Waals surface area (Å²) < 4.78 is 11.4. The van der Waals surface area contributed by atoms with Gasteiger partial charge in [0.1, 0.15) is 11.4 Å². The van der Waals surface area contributed by atoms with Gasteiger partial charge < -0.3 is 20.1 Å². The van der Waals surface area contributed by atoms with Crippen LogP contribution < -0.4 is 15.4 Å². The van der Waals surface area contributed by atoms with Gasteiger partial charge in [-0.3, -0.25) is 4.99 Å². The Kier molecular flexibility index (Phi) is 9.56. The maximum Gasteiger partial charge on any atom is 0.191 e. The fourth-order valence-corrected chi connectivity index (χ4v) is 2.97. The zero-order chi connectivity index (χ0) is 17.4. The van der Waals surface area contributed by atoms with Gasteiger partial charge in [-0.15, -0.1) is 24.0 Å². The predicted molar refractivity (Wildman–Crippen MR) is 114 cm³/mol. The number of aliphatic imine (C=N–C) groups is 1. The summed E-state index contributed by atoms with van der Waals surface area (Å²) in [7, 11) is 1.81. The van der Waals surface area contributed by atoms with E-state index in [-0.39, 0.29) is 35.6 Å². The van der Waals surface area contributed by atoms with Crippen molar-refractivity contribution in [2.24, 2.45) is 4.99 Å². The van der Waals surface area contributed by atoms with Crippen molar-refractivity contribution < 1.29 is 9.47 Å². The number of guanidine groups is 1. The molecule has 1 heterocycles. The Hall–Kier alpha value is -1.02. The smallest absolute Gasteiger partial charge is 0.191 e. The van der Waals surface area contributed by atoms with Gasteiger partial charge in [-0.05, 0) is 39.7 Å². The molecule has 142 valence electrons. The van der Waals surface area contributed by atoms with E-state index in [0.717, 1.165) is 50.7 Å². The second-order valence-electron chi connectivity index (χ2n) is 6.70. The second kappa shape index (κ2) is 10.9. The molecule has 0 saturated carbocycles. The van der Waals surface area contributed by atoms with E-state index < -0.39 is 0 Å². The Bertz CT molecular complexity index is 549. The lowest BCUT2D eigenvalue weighted by Gasteiger charge is -2.38. The van der Waals surface area contributed by atoms with E-state index in [1.807, 2.05) is 26.1 Å². The van der Waals surface area contributed by atoms with E-state index in [0.29, 0.717) is 0 Å². The van der Waals surface area contributed by atoms with Crippen LogP contribution >= 0.6 is 24.0 Å². The van der Waals surface area contributed by atoms with Gasteiger partial charge in [0.05, 0.1) is 6.04 Å². The molecule has 2 rings (SSSR count). The molecular formula is C19H32IN3O2. The van der Waals surface area contributed by atoms with E-state index in [1.54, 1.807) is 0 Å². The van der Waals surface area contributed by atoms with Crippen molar-refractivity contribution in [3.8, 4) is 5.75 Å². The van der Waals surface area contributed by atoms with E-state index in [9.17, 15) is 0 Å². The van der Waals surface area contributed by atoms with Gasteiger partial charge in [-0.1, -0.05) is 18.2 Å². The topological polar surface area (TPSA) is 54.9 Å². The highest BCUT2D eigenvalue weighted by atomic mass is 127. The molecule has 0 radical (unpaired) electrons. The summed E-state index contributed by atoms with van der Waals surface area (Å²) in [5.74, 6) is 1.79. The molecule has 0 aliphatic carbocycles. The van der Waals surface area contributed by atoms with Crippen LogP contribution in [-0.2, 0) is 4.74 Å². The molecule has 0 aromatic heterocycles. The number of hydrogen-bond acceptors (Lipinski definition) is 3. The predicted octanol–water partition coefficient (Wildman–Crippen LogP) is 3.89.